The molecule has 0 aliphatic heterocycles. The largest absolute Gasteiger partial charge is 0.324 e. The highest BCUT2D eigenvalue weighted by Crippen LogP contribution is 2.23. The number of aryl methyl sites for hydroxylation is 1. The van der Waals surface area contributed by atoms with Gasteiger partial charge in [0.25, 0.3) is 0 Å². The Morgan fingerprint density at radius 3 is 2.40 bits per heavy atom. The lowest BCUT2D eigenvalue weighted by Gasteiger charge is -2.28. The zero-order valence-corrected chi connectivity index (χ0v) is 15.4. The molecule has 25 heavy (non-hydrogen) atoms. The van der Waals surface area contributed by atoms with Crippen LogP contribution >= 0.6 is 0 Å². The Balaban J connectivity index is 2.35. The van der Waals surface area contributed by atoms with Gasteiger partial charge in [-0.15, -0.1) is 0 Å². The molecule has 0 fully saturated rings. The average molecular weight is 364 g/mol. The van der Waals surface area contributed by atoms with Gasteiger partial charge in [0, 0.05) is 5.69 Å². The number of nitrogens with one attached hydrogen (secondary N) is 1. The Morgan fingerprint density at radius 2 is 1.80 bits per heavy atom. The van der Waals surface area contributed by atoms with Gasteiger partial charge >= 0.3 is 0 Å². The molecular weight excluding hydrogens is 343 g/mol. The molecule has 0 heterocycles. The number of rotatable bonds is 5. The monoisotopic (exact) mass is 364 g/mol. The maximum absolute atomic E-state index is 13.5. The first-order valence-corrected chi connectivity index (χ1v) is 9.58. The molecule has 7 heteroatoms. The molecule has 0 saturated heterocycles. The van der Waals surface area contributed by atoms with Gasteiger partial charge in [0.2, 0.25) is 15.9 Å². The normalized spacial score (nSPS) is 12.5. The molecule has 0 saturated carbocycles. The molecule has 0 aliphatic carbocycles. The van der Waals surface area contributed by atoms with E-state index in [2.05, 4.69) is 5.32 Å². The Kier molecular flexibility index (Phi) is 5.47. The van der Waals surface area contributed by atoms with Crippen LogP contribution in [0, 0.1) is 19.7 Å². The fourth-order valence-corrected chi connectivity index (χ4v) is 3.71. The Labute approximate surface area is 147 Å². The van der Waals surface area contributed by atoms with E-state index in [9.17, 15) is 17.6 Å². The van der Waals surface area contributed by atoms with E-state index in [0.717, 1.165) is 27.8 Å². The molecule has 1 amide bonds. The van der Waals surface area contributed by atoms with Gasteiger partial charge in [-0.25, -0.2) is 12.8 Å². The van der Waals surface area contributed by atoms with Crippen molar-refractivity contribution in [2.75, 3.05) is 15.9 Å². The second-order valence-corrected chi connectivity index (χ2v) is 7.81. The van der Waals surface area contributed by atoms with Gasteiger partial charge in [-0.2, -0.15) is 0 Å². The van der Waals surface area contributed by atoms with Crippen LogP contribution in [-0.4, -0.2) is 26.6 Å². The zero-order chi connectivity index (χ0) is 18.8. The van der Waals surface area contributed by atoms with Gasteiger partial charge in [0.05, 0.1) is 11.9 Å². The van der Waals surface area contributed by atoms with Gasteiger partial charge in [0.15, 0.2) is 0 Å². The number of carbonyl (C=O) groups excluding carboxylic acids is 1. The average Bonchev–Trinajstić information content (AvgIpc) is 2.50. The Bertz CT molecular complexity index is 897. The van der Waals surface area contributed by atoms with Gasteiger partial charge in [-0.1, -0.05) is 18.2 Å². The topological polar surface area (TPSA) is 66.5 Å². The minimum absolute atomic E-state index is 0.103. The SMILES string of the molecule is Cc1cccc(NC(=O)[C@@H](C)N(c2cccc(F)c2)S(C)(=O)=O)c1C. The third kappa shape index (κ3) is 4.36. The molecular formula is C18H21FN2O3S. The summed E-state index contributed by atoms with van der Waals surface area (Å²) >= 11 is 0. The first kappa shape index (κ1) is 18.9. The minimum atomic E-state index is -3.78. The lowest BCUT2D eigenvalue weighted by Crippen LogP contribution is -2.45. The van der Waals surface area contributed by atoms with Crippen molar-refractivity contribution < 1.29 is 17.6 Å². The number of amides is 1. The first-order valence-electron chi connectivity index (χ1n) is 7.73. The van der Waals surface area contributed by atoms with E-state index in [1.807, 2.05) is 26.0 Å². The van der Waals surface area contributed by atoms with Crippen LogP contribution in [0.4, 0.5) is 15.8 Å². The molecule has 134 valence electrons. The molecule has 1 N–H and O–H groups in total. The van der Waals surface area contributed by atoms with Crippen LogP contribution in [0.3, 0.4) is 0 Å². The van der Waals surface area contributed by atoms with Crippen LogP contribution in [0.5, 0.6) is 0 Å². The van der Waals surface area contributed by atoms with E-state index >= 15 is 0 Å². The molecule has 0 unspecified atom stereocenters. The van der Waals surface area contributed by atoms with Crippen molar-refractivity contribution in [3.8, 4) is 0 Å². The molecule has 5 nitrogen and oxygen atoms in total. The number of hydrogen-bond donors (Lipinski definition) is 1. The predicted octanol–water partition coefficient (Wildman–Crippen LogP) is 3.24. The molecule has 0 aromatic heterocycles. The van der Waals surface area contributed by atoms with Gasteiger partial charge in [-0.3, -0.25) is 9.10 Å². The highest BCUT2D eigenvalue weighted by Gasteiger charge is 2.29. The predicted molar refractivity (Wildman–Crippen MR) is 97.7 cm³/mol. The van der Waals surface area contributed by atoms with E-state index in [0.29, 0.717) is 5.69 Å². The van der Waals surface area contributed by atoms with Crippen molar-refractivity contribution in [3.05, 3.63) is 59.4 Å². The van der Waals surface area contributed by atoms with Gasteiger partial charge in [-0.05, 0) is 56.2 Å². The van der Waals surface area contributed by atoms with E-state index in [1.54, 1.807) is 6.07 Å². The van der Waals surface area contributed by atoms with Crippen LogP contribution in [0.25, 0.3) is 0 Å². The second-order valence-electron chi connectivity index (χ2n) is 5.95. The summed E-state index contributed by atoms with van der Waals surface area (Å²) in [6, 6.07) is 9.59. The lowest BCUT2D eigenvalue weighted by molar-refractivity contribution is -0.116. The maximum Gasteiger partial charge on any atom is 0.248 e. The highest BCUT2D eigenvalue weighted by atomic mass is 32.2. The van der Waals surface area contributed by atoms with E-state index < -0.39 is 27.8 Å². The first-order chi connectivity index (χ1) is 11.6. The number of halogens is 1. The van der Waals surface area contributed by atoms with Crippen molar-refractivity contribution in [1.82, 2.24) is 0 Å². The molecule has 2 rings (SSSR count). The van der Waals surface area contributed by atoms with E-state index in [1.165, 1.54) is 25.1 Å². The Hall–Kier alpha value is -2.41. The van der Waals surface area contributed by atoms with Crippen LogP contribution in [0.1, 0.15) is 18.1 Å². The molecule has 0 aliphatic rings. The maximum atomic E-state index is 13.5. The molecule has 2 aromatic carbocycles. The van der Waals surface area contributed by atoms with Crippen LogP contribution < -0.4 is 9.62 Å². The number of nitrogens with zero attached hydrogens (tertiary/aromatic N) is 1. The quantitative estimate of drug-likeness (QED) is 0.886. The third-order valence-corrected chi connectivity index (χ3v) is 5.26. The third-order valence-electron chi connectivity index (χ3n) is 4.01. The molecule has 0 spiro atoms. The van der Waals surface area contributed by atoms with E-state index in [-0.39, 0.29) is 5.69 Å². The summed E-state index contributed by atoms with van der Waals surface area (Å²) in [4.78, 5) is 12.6. The highest BCUT2D eigenvalue weighted by molar-refractivity contribution is 7.92. The van der Waals surface area contributed by atoms with Crippen molar-refractivity contribution in [3.63, 3.8) is 0 Å². The van der Waals surface area contributed by atoms with Crippen LogP contribution in [-0.2, 0) is 14.8 Å². The summed E-state index contributed by atoms with van der Waals surface area (Å²) in [5.41, 5.74) is 2.63. The number of sulfonamides is 1. The van der Waals surface area contributed by atoms with Gasteiger partial charge < -0.3 is 5.32 Å². The fraction of sp³-hybridized carbons (Fsp3) is 0.278. The van der Waals surface area contributed by atoms with Crippen LogP contribution in [0.2, 0.25) is 0 Å². The fourth-order valence-electron chi connectivity index (χ4n) is 2.55. The smallest absolute Gasteiger partial charge is 0.248 e. The van der Waals surface area contributed by atoms with Crippen LogP contribution in [0.15, 0.2) is 42.5 Å². The van der Waals surface area contributed by atoms with Crippen molar-refractivity contribution >= 4 is 27.3 Å². The van der Waals surface area contributed by atoms with Crippen molar-refractivity contribution in [1.29, 1.82) is 0 Å². The molecule has 0 radical (unpaired) electrons. The summed E-state index contributed by atoms with van der Waals surface area (Å²) in [6.45, 7) is 5.26. The number of benzene rings is 2. The van der Waals surface area contributed by atoms with E-state index in [4.69, 9.17) is 0 Å². The van der Waals surface area contributed by atoms with Crippen molar-refractivity contribution in [2.45, 2.75) is 26.8 Å². The summed E-state index contributed by atoms with van der Waals surface area (Å²) in [5, 5.41) is 2.75. The Morgan fingerprint density at radius 1 is 1.16 bits per heavy atom. The standard InChI is InChI=1S/C18H21FN2O3S/c1-12-7-5-10-17(13(12)2)20-18(22)14(3)21(25(4,23)24)16-9-6-8-15(19)11-16/h5-11,14H,1-4H3,(H,20,22)/t14-/m1/s1. The number of carbonyl (C=O) groups is 1. The van der Waals surface area contributed by atoms with Gasteiger partial charge in [0.1, 0.15) is 11.9 Å². The molecule has 0 bridgehead atoms. The number of hydrogen-bond acceptors (Lipinski definition) is 3. The second kappa shape index (κ2) is 7.23. The summed E-state index contributed by atoms with van der Waals surface area (Å²) < 4.78 is 38.8. The van der Waals surface area contributed by atoms with Crippen molar-refractivity contribution in [2.24, 2.45) is 0 Å². The summed E-state index contributed by atoms with van der Waals surface area (Å²) in [6.07, 6.45) is 0.986. The minimum Gasteiger partial charge on any atom is -0.324 e. The molecule has 1 atom stereocenters. The summed E-state index contributed by atoms with van der Waals surface area (Å²) in [7, 11) is -3.78. The summed E-state index contributed by atoms with van der Waals surface area (Å²) in [5.74, 6) is -1.07. The molecule has 2 aromatic rings. The number of anilines is 2. The lowest BCUT2D eigenvalue weighted by atomic mass is 10.1. The zero-order valence-electron chi connectivity index (χ0n) is 14.6.